The molecular formula is C35H31NO2. The molecule has 0 fully saturated rings. The first kappa shape index (κ1) is 23.0. The standard InChI is InChI=1S/C35H31NO2/c1-2-3-4-5-6-10-24-36-26-16-11-18-28-32(26)35(23-22-25-14-8-7-9-15-25)33-27(36)17-12-19-29(33)38-31-21-13-20-30(37-28)34(31)35/h7-9,11-21H,2-6,10,24H2,1H3. The lowest BCUT2D eigenvalue weighted by Crippen LogP contribution is -2.41. The van der Waals surface area contributed by atoms with E-state index in [1.807, 2.05) is 36.4 Å². The van der Waals surface area contributed by atoms with Crippen LogP contribution in [0.1, 0.15) is 67.7 Å². The van der Waals surface area contributed by atoms with Gasteiger partial charge in [0.25, 0.3) is 0 Å². The van der Waals surface area contributed by atoms with E-state index in [2.05, 4.69) is 72.2 Å². The van der Waals surface area contributed by atoms with Crippen molar-refractivity contribution in [1.29, 1.82) is 0 Å². The molecule has 0 amide bonds. The van der Waals surface area contributed by atoms with E-state index in [1.165, 1.54) is 43.5 Å². The fourth-order valence-corrected chi connectivity index (χ4v) is 6.37. The van der Waals surface area contributed by atoms with E-state index in [4.69, 9.17) is 9.47 Å². The molecule has 188 valence electrons. The van der Waals surface area contributed by atoms with Crippen LogP contribution in [0, 0.1) is 11.8 Å². The Balaban J connectivity index is 1.44. The van der Waals surface area contributed by atoms with Gasteiger partial charge in [-0.05, 0) is 55.0 Å². The zero-order valence-electron chi connectivity index (χ0n) is 21.8. The Kier molecular flexibility index (Phi) is 5.63. The highest BCUT2D eigenvalue weighted by atomic mass is 16.5. The lowest BCUT2D eigenvalue weighted by molar-refractivity contribution is 0.390. The van der Waals surface area contributed by atoms with Gasteiger partial charge in [0.1, 0.15) is 28.4 Å². The number of unbranched alkanes of at least 4 members (excludes halogenated alkanes) is 5. The maximum Gasteiger partial charge on any atom is 0.136 e. The van der Waals surface area contributed by atoms with Gasteiger partial charge in [-0.15, -0.1) is 0 Å². The quantitative estimate of drug-likeness (QED) is 0.188. The van der Waals surface area contributed by atoms with E-state index < -0.39 is 5.41 Å². The largest absolute Gasteiger partial charge is 0.456 e. The lowest BCUT2D eigenvalue weighted by atomic mass is 9.63. The van der Waals surface area contributed by atoms with E-state index >= 15 is 0 Å². The van der Waals surface area contributed by atoms with Crippen LogP contribution in [0.4, 0.5) is 11.4 Å². The van der Waals surface area contributed by atoms with Crippen LogP contribution < -0.4 is 14.4 Å². The van der Waals surface area contributed by atoms with Crippen molar-refractivity contribution in [1.82, 2.24) is 0 Å². The molecule has 0 bridgehead atoms. The Labute approximate surface area is 225 Å². The van der Waals surface area contributed by atoms with Gasteiger partial charge >= 0.3 is 0 Å². The molecule has 7 rings (SSSR count). The first-order chi connectivity index (χ1) is 18.8. The first-order valence-electron chi connectivity index (χ1n) is 13.9. The van der Waals surface area contributed by atoms with Crippen LogP contribution in [0.2, 0.25) is 0 Å². The second-order valence-electron chi connectivity index (χ2n) is 10.4. The molecule has 3 heterocycles. The third-order valence-electron chi connectivity index (χ3n) is 8.05. The number of hydrogen-bond donors (Lipinski definition) is 0. The highest BCUT2D eigenvalue weighted by molar-refractivity contribution is 5.91. The summed E-state index contributed by atoms with van der Waals surface area (Å²) in [6.07, 6.45) is 7.58. The molecule has 0 saturated heterocycles. The first-order valence-corrected chi connectivity index (χ1v) is 13.9. The van der Waals surface area contributed by atoms with Crippen molar-refractivity contribution < 1.29 is 9.47 Å². The summed E-state index contributed by atoms with van der Waals surface area (Å²) in [5.74, 6) is 10.8. The topological polar surface area (TPSA) is 21.7 Å². The summed E-state index contributed by atoms with van der Waals surface area (Å²) in [6, 6.07) is 29.2. The third kappa shape index (κ3) is 3.44. The molecule has 0 spiro atoms. The molecule has 0 aliphatic carbocycles. The fraction of sp³-hybridized carbons (Fsp3) is 0.257. The molecule has 0 aromatic heterocycles. The van der Waals surface area contributed by atoms with Crippen LogP contribution in [0.5, 0.6) is 23.0 Å². The number of ether oxygens (including phenoxy) is 2. The molecule has 0 saturated carbocycles. The van der Waals surface area contributed by atoms with Gasteiger partial charge < -0.3 is 14.4 Å². The molecule has 3 heteroatoms. The van der Waals surface area contributed by atoms with Crippen molar-refractivity contribution in [2.75, 3.05) is 11.4 Å². The summed E-state index contributed by atoms with van der Waals surface area (Å²) in [7, 11) is 0. The second kappa shape index (κ2) is 9.30. The molecule has 0 N–H and O–H groups in total. The predicted octanol–water partition coefficient (Wildman–Crippen LogP) is 9.10. The average molecular weight is 498 g/mol. The monoisotopic (exact) mass is 497 g/mol. The van der Waals surface area contributed by atoms with E-state index in [-0.39, 0.29) is 0 Å². The summed E-state index contributed by atoms with van der Waals surface area (Å²) in [5, 5.41) is 0. The van der Waals surface area contributed by atoms with Gasteiger partial charge in [0.15, 0.2) is 0 Å². The number of hydrogen-bond acceptors (Lipinski definition) is 3. The van der Waals surface area contributed by atoms with E-state index in [9.17, 15) is 0 Å². The Morgan fingerprint density at radius 2 is 1.16 bits per heavy atom. The number of rotatable bonds is 7. The smallest absolute Gasteiger partial charge is 0.136 e. The molecule has 3 aliphatic heterocycles. The van der Waals surface area contributed by atoms with Crippen molar-refractivity contribution in [2.45, 2.75) is 50.9 Å². The van der Waals surface area contributed by atoms with Gasteiger partial charge in [0.2, 0.25) is 0 Å². The summed E-state index contributed by atoms with van der Waals surface area (Å²) in [5.41, 5.74) is 5.99. The Hall–Kier alpha value is -4.16. The van der Waals surface area contributed by atoms with Gasteiger partial charge in [0, 0.05) is 23.2 Å². The van der Waals surface area contributed by atoms with Crippen molar-refractivity contribution in [2.24, 2.45) is 0 Å². The second-order valence-corrected chi connectivity index (χ2v) is 10.4. The van der Waals surface area contributed by atoms with Crippen LogP contribution in [0.15, 0.2) is 84.9 Å². The highest BCUT2D eigenvalue weighted by Crippen LogP contribution is 2.66. The van der Waals surface area contributed by atoms with Crippen LogP contribution in [0.3, 0.4) is 0 Å². The van der Waals surface area contributed by atoms with Crippen molar-refractivity contribution in [3.63, 3.8) is 0 Å². The van der Waals surface area contributed by atoms with Gasteiger partial charge in [-0.25, -0.2) is 0 Å². The molecule has 4 aromatic carbocycles. The minimum absolute atomic E-state index is 0.673. The molecule has 0 atom stereocenters. The van der Waals surface area contributed by atoms with Crippen LogP contribution in [-0.4, -0.2) is 6.54 Å². The molecule has 0 radical (unpaired) electrons. The number of benzene rings is 4. The molecule has 4 aromatic rings. The summed E-state index contributed by atoms with van der Waals surface area (Å²) >= 11 is 0. The summed E-state index contributed by atoms with van der Waals surface area (Å²) < 4.78 is 13.1. The molecular weight excluding hydrogens is 466 g/mol. The Morgan fingerprint density at radius 3 is 1.79 bits per heavy atom. The van der Waals surface area contributed by atoms with Gasteiger partial charge in [-0.3, -0.25) is 0 Å². The zero-order valence-corrected chi connectivity index (χ0v) is 21.8. The van der Waals surface area contributed by atoms with Crippen LogP contribution >= 0.6 is 0 Å². The summed E-state index contributed by atoms with van der Waals surface area (Å²) in [6.45, 7) is 3.22. The lowest BCUT2D eigenvalue weighted by Gasteiger charge is -2.48. The van der Waals surface area contributed by atoms with Crippen molar-refractivity contribution >= 4 is 11.4 Å². The maximum absolute atomic E-state index is 6.57. The van der Waals surface area contributed by atoms with E-state index in [0.717, 1.165) is 58.2 Å². The number of nitrogens with zero attached hydrogens (tertiary/aromatic N) is 1. The van der Waals surface area contributed by atoms with Crippen LogP contribution in [-0.2, 0) is 5.41 Å². The van der Waals surface area contributed by atoms with Crippen molar-refractivity contribution in [3.05, 3.63) is 107 Å². The Bertz CT molecular complexity index is 1500. The number of anilines is 2. The SMILES string of the molecule is CCCCCCCCN1c2cccc3c2C2(C#Cc4ccccc4)c4c(cccc4Oc4cccc1c42)O3. The molecule has 3 nitrogen and oxygen atoms in total. The Morgan fingerprint density at radius 1 is 0.605 bits per heavy atom. The fourth-order valence-electron chi connectivity index (χ4n) is 6.37. The van der Waals surface area contributed by atoms with Gasteiger partial charge in [0.05, 0.1) is 16.9 Å². The average Bonchev–Trinajstić information content (AvgIpc) is 2.96. The van der Waals surface area contributed by atoms with E-state index in [0.29, 0.717) is 0 Å². The maximum atomic E-state index is 6.57. The predicted molar refractivity (Wildman–Crippen MR) is 153 cm³/mol. The zero-order chi connectivity index (χ0) is 25.5. The minimum atomic E-state index is -0.673. The molecule has 3 aliphatic rings. The van der Waals surface area contributed by atoms with Gasteiger partial charge in [-0.2, -0.15) is 0 Å². The van der Waals surface area contributed by atoms with Crippen LogP contribution in [0.25, 0.3) is 0 Å². The van der Waals surface area contributed by atoms with E-state index in [1.54, 1.807) is 0 Å². The van der Waals surface area contributed by atoms with Gasteiger partial charge in [-0.1, -0.05) is 87.3 Å². The highest BCUT2D eigenvalue weighted by Gasteiger charge is 2.54. The van der Waals surface area contributed by atoms with Crippen molar-refractivity contribution in [3.8, 4) is 34.8 Å². The minimum Gasteiger partial charge on any atom is -0.456 e. The molecule has 38 heavy (non-hydrogen) atoms. The normalized spacial score (nSPS) is 14.5. The molecule has 0 unspecified atom stereocenters. The third-order valence-corrected chi connectivity index (χ3v) is 8.05. The summed E-state index contributed by atoms with van der Waals surface area (Å²) in [4.78, 5) is 2.48.